The number of carbonyl (C=O) groups excluding carboxylic acids is 1. The van der Waals surface area contributed by atoms with Crippen molar-refractivity contribution < 1.29 is 9.32 Å². The van der Waals surface area contributed by atoms with Crippen LogP contribution in [0.5, 0.6) is 0 Å². The van der Waals surface area contributed by atoms with Crippen LogP contribution in [0.2, 0.25) is 0 Å². The maximum Gasteiger partial charge on any atom is 0.220 e. The molecule has 0 spiro atoms. The standard InChI is InChI=1S/C19H18N2O2/c22-18(20-13-15-7-3-1-4-8-15)12-11-17-14-23-21-19(17)16-9-5-2-6-10-16/h1-10,14H,11-13H2,(H,20,22). The Morgan fingerprint density at radius 1 is 1.00 bits per heavy atom. The molecule has 3 rings (SSSR count). The van der Waals surface area contributed by atoms with Gasteiger partial charge in [0.2, 0.25) is 5.91 Å². The maximum absolute atomic E-state index is 12.0. The lowest BCUT2D eigenvalue weighted by atomic mass is 10.0. The van der Waals surface area contributed by atoms with Gasteiger partial charge in [0.1, 0.15) is 12.0 Å². The van der Waals surface area contributed by atoms with E-state index in [1.807, 2.05) is 60.7 Å². The van der Waals surface area contributed by atoms with Crippen LogP contribution < -0.4 is 5.32 Å². The second kappa shape index (κ2) is 7.40. The first-order valence-corrected chi connectivity index (χ1v) is 7.62. The van der Waals surface area contributed by atoms with Crippen molar-refractivity contribution in [3.8, 4) is 11.3 Å². The molecule has 0 radical (unpaired) electrons. The fourth-order valence-electron chi connectivity index (χ4n) is 2.40. The molecule has 3 aromatic rings. The zero-order valence-corrected chi connectivity index (χ0v) is 12.7. The van der Waals surface area contributed by atoms with Crippen molar-refractivity contribution in [2.24, 2.45) is 0 Å². The van der Waals surface area contributed by atoms with E-state index in [4.69, 9.17) is 4.52 Å². The van der Waals surface area contributed by atoms with Gasteiger partial charge in [0.05, 0.1) is 0 Å². The topological polar surface area (TPSA) is 55.1 Å². The zero-order valence-electron chi connectivity index (χ0n) is 12.7. The highest BCUT2D eigenvalue weighted by atomic mass is 16.5. The van der Waals surface area contributed by atoms with Gasteiger partial charge in [-0.2, -0.15) is 0 Å². The molecule has 23 heavy (non-hydrogen) atoms. The molecule has 0 saturated heterocycles. The lowest BCUT2D eigenvalue weighted by Crippen LogP contribution is -2.22. The molecule has 0 unspecified atom stereocenters. The monoisotopic (exact) mass is 306 g/mol. The Labute approximate surface area is 135 Å². The Balaban J connectivity index is 1.55. The van der Waals surface area contributed by atoms with Gasteiger partial charge in [-0.05, 0) is 12.0 Å². The maximum atomic E-state index is 12.0. The summed E-state index contributed by atoms with van der Waals surface area (Å²) in [6.07, 6.45) is 2.63. The summed E-state index contributed by atoms with van der Waals surface area (Å²) in [5, 5.41) is 6.98. The average Bonchev–Trinajstić information content (AvgIpc) is 3.08. The zero-order chi connectivity index (χ0) is 15.9. The largest absolute Gasteiger partial charge is 0.364 e. The highest BCUT2D eigenvalue weighted by Crippen LogP contribution is 2.22. The number of hydrogen-bond acceptors (Lipinski definition) is 3. The average molecular weight is 306 g/mol. The molecule has 0 saturated carbocycles. The first-order valence-electron chi connectivity index (χ1n) is 7.62. The molecule has 0 aliphatic rings. The third kappa shape index (κ3) is 4.07. The number of nitrogens with zero attached hydrogens (tertiary/aromatic N) is 1. The van der Waals surface area contributed by atoms with E-state index in [-0.39, 0.29) is 5.91 Å². The Bertz CT molecular complexity index is 751. The van der Waals surface area contributed by atoms with E-state index >= 15 is 0 Å². The predicted molar refractivity (Wildman–Crippen MR) is 88.5 cm³/mol. The number of rotatable bonds is 6. The summed E-state index contributed by atoms with van der Waals surface area (Å²) < 4.78 is 5.08. The molecule has 0 fully saturated rings. The quantitative estimate of drug-likeness (QED) is 0.757. The van der Waals surface area contributed by atoms with Crippen LogP contribution in [-0.2, 0) is 17.8 Å². The molecule has 0 aliphatic carbocycles. The summed E-state index contributed by atoms with van der Waals surface area (Å²) in [4.78, 5) is 12.0. The Hall–Kier alpha value is -2.88. The van der Waals surface area contributed by atoms with Crippen LogP contribution in [0, 0.1) is 0 Å². The Morgan fingerprint density at radius 2 is 1.70 bits per heavy atom. The molecule has 116 valence electrons. The van der Waals surface area contributed by atoms with Crippen molar-refractivity contribution in [1.29, 1.82) is 0 Å². The normalized spacial score (nSPS) is 10.4. The van der Waals surface area contributed by atoms with Crippen LogP contribution in [-0.4, -0.2) is 11.1 Å². The number of hydrogen-bond donors (Lipinski definition) is 1. The number of aromatic nitrogens is 1. The van der Waals surface area contributed by atoms with Gasteiger partial charge in [0, 0.05) is 24.1 Å². The minimum Gasteiger partial charge on any atom is -0.364 e. The van der Waals surface area contributed by atoms with E-state index in [0.717, 1.165) is 22.4 Å². The second-order valence-electron chi connectivity index (χ2n) is 5.32. The fraction of sp³-hybridized carbons (Fsp3) is 0.158. The number of benzene rings is 2. The molecule has 0 atom stereocenters. The van der Waals surface area contributed by atoms with Crippen LogP contribution in [0.15, 0.2) is 71.4 Å². The minimum atomic E-state index is 0.0223. The Kier molecular flexibility index (Phi) is 4.84. The summed E-state index contributed by atoms with van der Waals surface area (Å²) in [6, 6.07) is 19.7. The molecular formula is C19H18N2O2. The van der Waals surface area contributed by atoms with Gasteiger partial charge in [0.15, 0.2) is 0 Å². The second-order valence-corrected chi connectivity index (χ2v) is 5.32. The van der Waals surface area contributed by atoms with E-state index in [0.29, 0.717) is 19.4 Å². The fourth-order valence-corrected chi connectivity index (χ4v) is 2.40. The summed E-state index contributed by atoms with van der Waals surface area (Å²) in [5.74, 6) is 0.0223. The lowest BCUT2D eigenvalue weighted by molar-refractivity contribution is -0.121. The van der Waals surface area contributed by atoms with Crippen molar-refractivity contribution in [2.75, 3.05) is 0 Å². The highest BCUT2D eigenvalue weighted by molar-refractivity contribution is 5.76. The molecule has 1 amide bonds. The van der Waals surface area contributed by atoms with Gasteiger partial charge in [-0.1, -0.05) is 65.8 Å². The van der Waals surface area contributed by atoms with Crippen molar-refractivity contribution in [3.05, 3.63) is 78.1 Å². The summed E-state index contributed by atoms with van der Waals surface area (Å²) in [7, 11) is 0. The van der Waals surface area contributed by atoms with Crippen molar-refractivity contribution >= 4 is 5.91 Å². The Morgan fingerprint density at radius 3 is 2.43 bits per heavy atom. The molecule has 0 bridgehead atoms. The van der Waals surface area contributed by atoms with E-state index in [2.05, 4.69) is 10.5 Å². The molecule has 1 aromatic heterocycles. The number of carbonyl (C=O) groups is 1. The van der Waals surface area contributed by atoms with Crippen LogP contribution in [0.4, 0.5) is 0 Å². The predicted octanol–water partition coefficient (Wildman–Crippen LogP) is 3.59. The van der Waals surface area contributed by atoms with Crippen molar-refractivity contribution in [3.63, 3.8) is 0 Å². The molecular weight excluding hydrogens is 288 g/mol. The molecule has 1 heterocycles. The molecule has 4 nitrogen and oxygen atoms in total. The molecule has 2 aromatic carbocycles. The first-order chi connectivity index (χ1) is 11.3. The van der Waals surface area contributed by atoms with Gasteiger partial charge in [-0.25, -0.2) is 0 Å². The third-order valence-electron chi connectivity index (χ3n) is 3.64. The van der Waals surface area contributed by atoms with Crippen LogP contribution in [0.3, 0.4) is 0 Å². The van der Waals surface area contributed by atoms with Gasteiger partial charge < -0.3 is 9.84 Å². The summed E-state index contributed by atoms with van der Waals surface area (Å²) in [5.41, 5.74) is 3.85. The van der Waals surface area contributed by atoms with Crippen LogP contribution in [0.25, 0.3) is 11.3 Å². The van der Waals surface area contributed by atoms with Crippen LogP contribution in [0.1, 0.15) is 17.5 Å². The smallest absolute Gasteiger partial charge is 0.220 e. The lowest BCUT2D eigenvalue weighted by Gasteiger charge is -2.05. The van der Waals surface area contributed by atoms with Crippen molar-refractivity contribution in [2.45, 2.75) is 19.4 Å². The van der Waals surface area contributed by atoms with E-state index < -0.39 is 0 Å². The SMILES string of the molecule is O=C(CCc1conc1-c1ccccc1)NCc1ccccc1. The first kappa shape index (κ1) is 15.0. The van der Waals surface area contributed by atoms with Gasteiger partial charge in [-0.3, -0.25) is 4.79 Å². The third-order valence-corrected chi connectivity index (χ3v) is 3.64. The number of aryl methyl sites for hydroxylation is 1. The van der Waals surface area contributed by atoms with E-state index in [1.54, 1.807) is 6.26 Å². The molecule has 4 heteroatoms. The summed E-state index contributed by atoms with van der Waals surface area (Å²) in [6.45, 7) is 0.550. The van der Waals surface area contributed by atoms with Gasteiger partial charge in [0.25, 0.3) is 0 Å². The highest BCUT2D eigenvalue weighted by Gasteiger charge is 2.11. The molecule has 0 aliphatic heterocycles. The minimum absolute atomic E-state index is 0.0223. The number of amides is 1. The molecule has 1 N–H and O–H groups in total. The van der Waals surface area contributed by atoms with Gasteiger partial charge >= 0.3 is 0 Å². The van der Waals surface area contributed by atoms with Crippen molar-refractivity contribution in [1.82, 2.24) is 10.5 Å². The van der Waals surface area contributed by atoms with E-state index in [9.17, 15) is 4.79 Å². The van der Waals surface area contributed by atoms with Crippen LogP contribution >= 0.6 is 0 Å². The van der Waals surface area contributed by atoms with E-state index in [1.165, 1.54) is 0 Å². The summed E-state index contributed by atoms with van der Waals surface area (Å²) >= 11 is 0. The number of nitrogens with one attached hydrogen (secondary N) is 1. The van der Waals surface area contributed by atoms with Gasteiger partial charge in [-0.15, -0.1) is 0 Å².